The van der Waals surface area contributed by atoms with Crippen molar-refractivity contribution in [1.29, 1.82) is 0 Å². The third kappa shape index (κ3) is 3.55. The summed E-state index contributed by atoms with van der Waals surface area (Å²) in [6.45, 7) is 1.87. The fourth-order valence-corrected chi connectivity index (χ4v) is 3.84. The first kappa shape index (κ1) is 17.9. The fourth-order valence-electron chi connectivity index (χ4n) is 3.62. The summed E-state index contributed by atoms with van der Waals surface area (Å²) >= 11 is 6.21. The Bertz CT molecular complexity index is 989. The Hall–Kier alpha value is -2.44. The minimum atomic E-state index is -0.599. The molecule has 2 heterocycles. The van der Waals surface area contributed by atoms with Gasteiger partial charge in [-0.15, -0.1) is 0 Å². The number of hydrogen-bond donors (Lipinski definition) is 3. The quantitative estimate of drug-likeness (QED) is 0.592. The average molecular weight is 385 g/mol. The number of carbonyl (C=O) groups excluding carboxylic acids is 1. The number of aliphatic hydroxyl groups is 1. The van der Waals surface area contributed by atoms with Gasteiger partial charge in [0, 0.05) is 17.8 Å². The van der Waals surface area contributed by atoms with Crippen LogP contribution in [0.5, 0.6) is 0 Å². The number of H-pyrrole nitrogens is 1. The predicted molar refractivity (Wildman–Crippen MR) is 105 cm³/mol. The van der Waals surface area contributed by atoms with Crippen molar-refractivity contribution in [2.24, 2.45) is 0 Å². The highest BCUT2D eigenvalue weighted by Crippen LogP contribution is 2.32. The molecule has 1 aliphatic rings. The number of benzene rings is 1. The maximum absolute atomic E-state index is 13.1. The normalized spacial score (nSPS) is 22.7. The Kier molecular flexibility index (Phi) is 4.61. The first-order valence-electron chi connectivity index (χ1n) is 9.05. The van der Waals surface area contributed by atoms with E-state index in [0.29, 0.717) is 33.0 Å². The van der Waals surface area contributed by atoms with E-state index in [4.69, 9.17) is 11.6 Å². The van der Waals surface area contributed by atoms with Crippen LogP contribution in [0.25, 0.3) is 11.0 Å². The second kappa shape index (κ2) is 6.94. The molecule has 0 amide bonds. The zero-order valence-corrected chi connectivity index (χ0v) is 15.8. The average Bonchev–Trinajstić information content (AvgIpc) is 3.08. The minimum absolute atomic E-state index is 0.170. The van der Waals surface area contributed by atoms with Crippen molar-refractivity contribution in [2.45, 2.75) is 44.2 Å². The van der Waals surface area contributed by atoms with Gasteiger partial charge in [0.15, 0.2) is 5.78 Å². The second-order valence-electron chi connectivity index (χ2n) is 7.37. The number of aromatic nitrogens is 3. The highest BCUT2D eigenvalue weighted by atomic mass is 35.5. The van der Waals surface area contributed by atoms with Gasteiger partial charge in [0.2, 0.25) is 0 Å². The summed E-state index contributed by atoms with van der Waals surface area (Å²) in [4.78, 5) is 24.7. The summed E-state index contributed by atoms with van der Waals surface area (Å²) in [7, 11) is 0. The van der Waals surface area contributed by atoms with E-state index in [1.807, 2.05) is 6.92 Å². The Labute approximate surface area is 162 Å². The molecule has 1 aliphatic carbocycles. The molecule has 7 heteroatoms. The molecule has 0 radical (unpaired) electrons. The number of anilines is 1. The molecule has 0 atom stereocenters. The molecule has 6 nitrogen and oxygen atoms in total. The summed E-state index contributed by atoms with van der Waals surface area (Å²) in [6.07, 6.45) is 6.29. The van der Waals surface area contributed by atoms with Gasteiger partial charge in [-0.3, -0.25) is 4.79 Å². The molecule has 0 unspecified atom stereocenters. The van der Waals surface area contributed by atoms with Crippen LogP contribution in [0.4, 0.5) is 5.82 Å². The van der Waals surface area contributed by atoms with Gasteiger partial charge >= 0.3 is 0 Å². The predicted octanol–water partition coefficient (Wildman–Crippen LogP) is 3.95. The molecule has 0 spiro atoms. The molecule has 3 aromatic rings. The highest BCUT2D eigenvalue weighted by molar-refractivity contribution is 6.35. The van der Waals surface area contributed by atoms with Crippen LogP contribution in [0, 0.1) is 0 Å². The smallest absolute Gasteiger partial charge is 0.196 e. The van der Waals surface area contributed by atoms with E-state index in [0.717, 1.165) is 25.7 Å². The van der Waals surface area contributed by atoms with Crippen LogP contribution < -0.4 is 5.32 Å². The van der Waals surface area contributed by atoms with E-state index in [2.05, 4.69) is 20.3 Å². The molecule has 140 valence electrons. The lowest BCUT2D eigenvalue weighted by Gasteiger charge is -2.33. The Morgan fingerprint density at radius 1 is 1.26 bits per heavy atom. The largest absolute Gasteiger partial charge is 0.390 e. The SMILES string of the molecule is CC1(O)CCC(Nc2ncnc3[nH]cc(C(=O)c4ccccc4Cl)c23)CC1. The number of carbonyl (C=O) groups is 1. The van der Waals surface area contributed by atoms with Gasteiger partial charge in [-0.2, -0.15) is 0 Å². The summed E-state index contributed by atoms with van der Waals surface area (Å²) in [5, 5.41) is 14.7. The highest BCUT2D eigenvalue weighted by Gasteiger charge is 2.29. The fraction of sp³-hybridized carbons (Fsp3) is 0.350. The van der Waals surface area contributed by atoms with Crippen molar-refractivity contribution in [2.75, 3.05) is 5.32 Å². The molecular weight excluding hydrogens is 364 g/mol. The van der Waals surface area contributed by atoms with Gasteiger partial charge in [0.05, 0.1) is 21.6 Å². The first-order valence-corrected chi connectivity index (χ1v) is 9.43. The Morgan fingerprint density at radius 3 is 2.74 bits per heavy atom. The van der Waals surface area contributed by atoms with Crippen LogP contribution >= 0.6 is 11.6 Å². The molecule has 1 fully saturated rings. The molecule has 4 rings (SSSR count). The van der Waals surface area contributed by atoms with Gasteiger partial charge in [-0.25, -0.2) is 9.97 Å². The number of halogens is 1. The van der Waals surface area contributed by atoms with Crippen molar-refractivity contribution in [1.82, 2.24) is 15.0 Å². The maximum atomic E-state index is 13.1. The maximum Gasteiger partial charge on any atom is 0.196 e. The van der Waals surface area contributed by atoms with Crippen molar-refractivity contribution >= 4 is 34.2 Å². The number of aromatic amines is 1. The number of nitrogens with zero attached hydrogens (tertiary/aromatic N) is 2. The number of nitrogens with one attached hydrogen (secondary N) is 2. The van der Waals surface area contributed by atoms with Gasteiger partial charge in [0.25, 0.3) is 0 Å². The van der Waals surface area contributed by atoms with Crippen molar-refractivity contribution in [3.8, 4) is 0 Å². The molecule has 1 saturated carbocycles. The van der Waals surface area contributed by atoms with Crippen molar-refractivity contribution in [3.63, 3.8) is 0 Å². The van der Waals surface area contributed by atoms with Crippen LogP contribution in [0.1, 0.15) is 48.5 Å². The topological polar surface area (TPSA) is 90.9 Å². The van der Waals surface area contributed by atoms with E-state index < -0.39 is 5.60 Å². The first-order chi connectivity index (χ1) is 12.9. The molecule has 0 aliphatic heterocycles. The molecule has 0 bridgehead atoms. The van der Waals surface area contributed by atoms with Crippen LogP contribution in [0.15, 0.2) is 36.8 Å². The summed E-state index contributed by atoms with van der Waals surface area (Å²) in [6, 6.07) is 7.19. The van der Waals surface area contributed by atoms with Crippen LogP contribution in [-0.2, 0) is 0 Å². The standard InChI is InChI=1S/C20H21ClN4O2/c1-20(27)8-6-12(7-9-20)25-19-16-14(10-22-18(16)23-11-24-19)17(26)13-4-2-3-5-15(13)21/h2-5,10-12,27H,6-9H2,1H3,(H2,22,23,24,25). The molecule has 1 aromatic carbocycles. The number of ketones is 1. The number of rotatable bonds is 4. The third-order valence-electron chi connectivity index (χ3n) is 5.24. The Balaban J connectivity index is 1.68. The lowest BCUT2D eigenvalue weighted by Crippen LogP contribution is -2.36. The second-order valence-corrected chi connectivity index (χ2v) is 7.78. The molecule has 0 saturated heterocycles. The van der Waals surface area contributed by atoms with Crippen LogP contribution in [0.3, 0.4) is 0 Å². The third-order valence-corrected chi connectivity index (χ3v) is 5.57. The van der Waals surface area contributed by atoms with E-state index in [9.17, 15) is 9.90 Å². The number of fused-ring (bicyclic) bond motifs is 1. The Morgan fingerprint density at radius 2 is 2.00 bits per heavy atom. The zero-order valence-electron chi connectivity index (χ0n) is 15.0. The lowest BCUT2D eigenvalue weighted by atomic mass is 9.83. The minimum Gasteiger partial charge on any atom is -0.390 e. The molecular formula is C20H21ClN4O2. The van der Waals surface area contributed by atoms with Gasteiger partial charge < -0.3 is 15.4 Å². The van der Waals surface area contributed by atoms with Crippen LogP contribution in [-0.4, -0.2) is 37.5 Å². The lowest BCUT2D eigenvalue weighted by molar-refractivity contribution is 0.0196. The molecule has 3 N–H and O–H groups in total. The molecule has 27 heavy (non-hydrogen) atoms. The summed E-state index contributed by atoms with van der Waals surface area (Å²) in [5.74, 6) is 0.458. The molecule has 2 aromatic heterocycles. The summed E-state index contributed by atoms with van der Waals surface area (Å²) in [5.41, 5.74) is 0.941. The van der Waals surface area contributed by atoms with E-state index in [1.54, 1.807) is 30.5 Å². The van der Waals surface area contributed by atoms with Gasteiger partial charge in [-0.1, -0.05) is 23.7 Å². The van der Waals surface area contributed by atoms with E-state index in [1.165, 1.54) is 6.33 Å². The summed E-state index contributed by atoms with van der Waals surface area (Å²) < 4.78 is 0. The van der Waals surface area contributed by atoms with Crippen LogP contribution in [0.2, 0.25) is 5.02 Å². The van der Waals surface area contributed by atoms with E-state index >= 15 is 0 Å². The monoisotopic (exact) mass is 384 g/mol. The zero-order chi connectivity index (χ0) is 19.0. The van der Waals surface area contributed by atoms with Crippen molar-refractivity contribution < 1.29 is 9.90 Å². The number of hydrogen-bond acceptors (Lipinski definition) is 5. The van der Waals surface area contributed by atoms with E-state index in [-0.39, 0.29) is 11.8 Å². The van der Waals surface area contributed by atoms with Crippen molar-refractivity contribution in [3.05, 3.63) is 52.9 Å². The van der Waals surface area contributed by atoms with Gasteiger partial charge in [-0.05, 0) is 44.7 Å². The van der Waals surface area contributed by atoms with Gasteiger partial charge in [0.1, 0.15) is 17.8 Å².